The van der Waals surface area contributed by atoms with Crippen LogP contribution in [0, 0.1) is 0 Å². The third-order valence-electron chi connectivity index (χ3n) is 2.39. The first-order valence-corrected chi connectivity index (χ1v) is 6.90. The Hall–Kier alpha value is -1.70. The number of rotatable bonds is 5. The number of nitrogens with zero attached hydrogens (tertiary/aromatic N) is 2. The Kier molecular flexibility index (Phi) is 6.07. The minimum Gasteiger partial charge on any atom is -0.480 e. The van der Waals surface area contributed by atoms with Gasteiger partial charge in [-0.2, -0.15) is 13.2 Å². The Bertz CT molecular complexity index is 559. The van der Waals surface area contributed by atoms with Crippen LogP contribution in [0.15, 0.2) is 39.2 Å². The minimum absolute atomic E-state index is 0.122. The van der Waals surface area contributed by atoms with Gasteiger partial charge in [0, 0.05) is 5.38 Å². The zero-order chi connectivity index (χ0) is 16.0. The Labute approximate surface area is 123 Å². The SMILES string of the molecule is CC/C=C(F)/C(=C(\N=C(C)c1cscn1)OC)C(F)(F)F. The van der Waals surface area contributed by atoms with Gasteiger partial charge in [0.2, 0.25) is 5.88 Å². The van der Waals surface area contributed by atoms with Crippen LogP contribution in [-0.2, 0) is 4.74 Å². The van der Waals surface area contributed by atoms with E-state index in [1.807, 2.05) is 0 Å². The predicted octanol–water partition coefficient (Wildman–Crippen LogP) is 4.64. The van der Waals surface area contributed by atoms with Gasteiger partial charge in [0.05, 0.1) is 24.0 Å². The van der Waals surface area contributed by atoms with Gasteiger partial charge in [-0.3, -0.25) is 0 Å². The molecule has 0 fully saturated rings. The second-order valence-electron chi connectivity index (χ2n) is 3.91. The Morgan fingerprint density at radius 2 is 2.14 bits per heavy atom. The molecular weight excluding hydrogens is 308 g/mol. The first kappa shape index (κ1) is 17.4. The highest BCUT2D eigenvalue weighted by atomic mass is 32.1. The van der Waals surface area contributed by atoms with Gasteiger partial charge in [-0.1, -0.05) is 6.92 Å². The van der Waals surface area contributed by atoms with Gasteiger partial charge < -0.3 is 4.74 Å². The number of allylic oxidation sites excluding steroid dienone is 3. The molecule has 0 aromatic carbocycles. The fourth-order valence-corrected chi connectivity index (χ4v) is 2.04. The second kappa shape index (κ2) is 7.35. The van der Waals surface area contributed by atoms with Crippen molar-refractivity contribution in [2.45, 2.75) is 26.4 Å². The third kappa shape index (κ3) is 4.66. The van der Waals surface area contributed by atoms with Crippen LogP contribution in [0.3, 0.4) is 0 Å². The molecule has 21 heavy (non-hydrogen) atoms. The van der Waals surface area contributed by atoms with E-state index in [0.29, 0.717) is 5.69 Å². The molecule has 1 aromatic rings. The lowest BCUT2D eigenvalue weighted by Crippen LogP contribution is -2.16. The number of ether oxygens (including phenoxy) is 1. The van der Waals surface area contributed by atoms with Crippen LogP contribution in [0.5, 0.6) is 0 Å². The van der Waals surface area contributed by atoms with Crippen LogP contribution in [0.2, 0.25) is 0 Å². The molecule has 1 heterocycles. The maximum absolute atomic E-state index is 13.7. The Morgan fingerprint density at radius 1 is 1.48 bits per heavy atom. The molecule has 0 saturated heterocycles. The second-order valence-corrected chi connectivity index (χ2v) is 4.63. The summed E-state index contributed by atoms with van der Waals surface area (Å²) in [6, 6.07) is 0. The van der Waals surface area contributed by atoms with Crippen molar-refractivity contribution >= 4 is 17.0 Å². The lowest BCUT2D eigenvalue weighted by Gasteiger charge is -2.13. The lowest BCUT2D eigenvalue weighted by atomic mass is 10.2. The molecule has 0 aliphatic heterocycles. The Morgan fingerprint density at radius 3 is 2.57 bits per heavy atom. The summed E-state index contributed by atoms with van der Waals surface area (Å²) < 4.78 is 57.4. The molecule has 1 rings (SSSR count). The van der Waals surface area contributed by atoms with Crippen molar-refractivity contribution in [1.82, 2.24) is 4.98 Å². The molecule has 0 aliphatic rings. The third-order valence-corrected chi connectivity index (χ3v) is 2.97. The molecule has 0 amide bonds. The molecule has 3 nitrogen and oxygen atoms in total. The van der Waals surface area contributed by atoms with Crippen LogP contribution in [0.1, 0.15) is 26.0 Å². The van der Waals surface area contributed by atoms with Gasteiger partial charge >= 0.3 is 6.18 Å². The van der Waals surface area contributed by atoms with Gasteiger partial charge in [0.1, 0.15) is 5.83 Å². The molecule has 0 saturated carbocycles. The number of hydrogen-bond acceptors (Lipinski definition) is 4. The van der Waals surface area contributed by atoms with Crippen molar-refractivity contribution in [3.8, 4) is 0 Å². The highest BCUT2D eigenvalue weighted by Crippen LogP contribution is 2.35. The summed E-state index contributed by atoms with van der Waals surface area (Å²) in [5.41, 5.74) is 0.615. The quantitative estimate of drug-likeness (QED) is 0.343. The summed E-state index contributed by atoms with van der Waals surface area (Å²) in [6.07, 6.45) is -3.96. The van der Waals surface area contributed by atoms with Crippen molar-refractivity contribution in [3.05, 3.63) is 39.9 Å². The molecule has 1 aromatic heterocycles. The van der Waals surface area contributed by atoms with Gasteiger partial charge in [-0.25, -0.2) is 14.4 Å². The van der Waals surface area contributed by atoms with E-state index in [1.54, 1.807) is 5.38 Å². The lowest BCUT2D eigenvalue weighted by molar-refractivity contribution is -0.0944. The molecule has 0 unspecified atom stereocenters. The predicted molar refractivity (Wildman–Crippen MR) is 73.9 cm³/mol. The summed E-state index contributed by atoms with van der Waals surface area (Å²) in [6.45, 7) is 3.01. The summed E-state index contributed by atoms with van der Waals surface area (Å²) in [5.74, 6) is -2.23. The molecule has 8 heteroatoms. The van der Waals surface area contributed by atoms with E-state index in [0.717, 1.165) is 13.2 Å². The summed E-state index contributed by atoms with van der Waals surface area (Å²) in [4.78, 5) is 7.65. The number of hydrogen-bond donors (Lipinski definition) is 0. The highest BCUT2D eigenvalue weighted by molar-refractivity contribution is 7.07. The normalized spacial score (nSPS) is 15.0. The average molecular weight is 322 g/mol. The number of methoxy groups -OCH3 is 1. The van der Waals surface area contributed by atoms with E-state index in [1.165, 1.54) is 30.7 Å². The van der Waals surface area contributed by atoms with Gasteiger partial charge in [-0.15, -0.1) is 11.3 Å². The largest absolute Gasteiger partial charge is 0.480 e. The molecule has 0 aliphatic carbocycles. The summed E-state index contributed by atoms with van der Waals surface area (Å²) in [5, 5.41) is 1.62. The Balaban J connectivity index is 3.40. The topological polar surface area (TPSA) is 34.5 Å². The van der Waals surface area contributed by atoms with Gasteiger partial charge in [0.15, 0.2) is 5.57 Å². The maximum atomic E-state index is 13.7. The smallest absolute Gasteiger partial charge is 0.424 e. The van der Waals surface area contributed by atoms with E-state index in [-0.39, 0.29) is 12.1 Å². The molecule has 0 radical (unpaired) electrons. The van der Waals surface area contributed by atoms with Crippen molar-refractivity contribution in [2.75, 3.05) is 7.11 Å². The van der Waals surface area contributed by atoms with E-state index in [2.05, 4.69) is 14.7 Å². The number of aliphatic imine (C=N–C) groups is 1. The molecule has 0 atom stereocenters. The van der Waals surface area contributed by atoms with Crippen molar-refractivity contribution in [2.24, 2.45) is 4.99 Å². The first-order chi connectivity index (χ1) is 9.81. The van der Waals surface area contributed by atoms with Crippen LogP contribution >= 0.6 is 11.3 Å². The molecule has 116 valence electrons. The maximum Gasteiger partial charge on any atom is 0.424 e. The van der Waals surface area contributed by atoms with Gasteiger partial charge in [0.25, 0.3) is 0 Å². The number of thiazole rings is 1. The van der Waals surface area contributed by atoms with Crippen molar-refractivity contribution in [1.29, 1.82) is 0 Å². The average Bonchev–Trinajstić information content (AvgIpc) is 2.90. The van der Waals surface area contributed by atoms with Crippen molar-refractivity contribution in [3.63, 3.8) is 0 Å². The fourth-order valence-electron chi connectivity index (χ4n) is 1.44. The minimum atomic E-state index is -4.91. The summed E-state index contributed by atoms with van der Waals surface area (Å²) >= 11 is 1.27. The number of aromatic nitrogens is 1. The van der Waals surface area contributed by atoms with E-state index in [9.17, 15) is 17.6 Å². The zero-order valence-corrected chi connectivity index (χ0v) is 12.5. The van der Waals surface area contributed by atoms with E-state index >= 15 is 0 Å². The zero-order valence-electron chi connectivity index (χ0n) is 11.7. The molecule has 0 bridgehead atoms. The van der Waals surface area contributed by atoms with E-state index in [4.69, 9.17) is 0 Å². The molecule has 0 spiro atoms. The van der Waals surface area contributed by atoms with Crippen molar-refractivity contribution < 1.29 is 22.3 Å². The van der Waals surface area contributed by atoms with Crippen LogP contribution in [0.4, 0.5) is 17.6 Å². The molecular formula is C13H14F4N2OS. The fraction of sp³-hybridized carbons (Fsp3) is 0.385. The van der Waals surface area contributed by atoms with Crippen LogP contribution in [-0.4, -0.2) is 24.0 Å². The van der Waals surface area contributed by atoms with E-state index < -0.39 is 23.5 Å². The number of alkyl halides is 3. The van der Waals surface area contributed by atoms with Crippen LogP contribution in [0.25, 0.3) is 0 Å². The molecule has 0 N–H and O–H groups in total. The standard InChI is InChI=1S/C13H14F4N2OS/c1-4-5-9(14)11(13(15,16)17)12(20-3)19-8(2)10-6-21-7-18-10/h5-7H,4H2,1-3H3/b9-5-,12-11-,19-8?. The van der Waals surface area contributed by atoms with Crippen LogP contribution < -0.4 is 0 Å². The summed E-state index contributed by atoms with van der Waals surface area (Å²) in [7, 11) is 1.01. The monoisotopic (exact) mass is 322 g/mol. The highest BCUT2D eigenvalue weighted by Gasteiger charge is 2.40. The first-order valence-electron chi connectivity index (χ1n) is 5.96. The number of halogens is 4. The van der Waals surface area contributed by atoms with Gasteiger partial charge in [-0.05, 0) is 19.4 Å².